The van der Waals surface area contributed by atoms with E-state index in [9.17, 15) is 4.79 Å². The number of anilines is 1. The van der Waals surface area contributed by atoms with Crippen molar-refractivity contribution in [2.45, 2.75) is 45.8 Å². The Labute approximate surface area is 120 Å². The molecule has 2 rings (SSSR count). The topological polar surface area (TPSA) is 55.6 Å². The highest BCUT2D eigenvalue weighted by atomic mass is 16.5. The Hall–Kier alpha value is -1.55. The molecule has 0 aliphatic carbocycles. The van der Waals surface area contributed by atoms with Crippen molar-refractivity contribution in [1.82, 2.24) is 0 Å². The number of hydrogen-bond donors (Lipinski definition) is 1. The van der Waals surface area contributed by atoms with E-state index in [2.05, 4.69) is 32.6 Å². The summed E-state index contributed by atoms with van der Waals surface area (Å²) in [4.78, 5) is 14.3. The van der Waals surface area contributed by atoms with Gasteiger partial charge in [0.2, 0.25) is 0 Å². The van der Waals surface area contributed by atoms with Gasteiger partial charge in [0.05, 0.1) is 12.2 Å². The summed E-state index contributed by atoms with van der Waals surface area (Å²) in [6.45, 7) is 9.66. The summed E-state index contributed by atoms with van der Waals surface area (Å²) in [6.07, 6.45) is 0.382. The fourth-order valence-corrected chi connectivity index (χ4v) is 2.56. The number of Topliss-reactive ketones (excluding diaryl/α,β-unsaturated/α-hetero) is 1. The molecule has 0 aromatic heterocycles. The Morgan fingerprint density at radius 2 is 2.15 bits per heavy atom. The van der Waals surface area contributed by atoms with E-state index in [1.54, 1.807) is 0 Å². The second kappa shape index (κ2) is 5.44. The van der Waals surface area contributed by atoms with E-state index in [0.717, 1.165) is 18.0 Å². The fraction of sp³-hybridized carbons (Fsp3) is 0.562. The van der Waals surface area contributed by atoms with Gasteiger partial charge in [-0.25, -0.2) is 0 Å². The number of carbonyl (C=O) groups is 1. The number of ether oxygens (including phenoxy) is 1. The van der Waals surface area contributed by atoms with Crippen LogP contribution in [0, 0.1) is 0 Å². The van der Waals surface area contributed by atoms with E-state index in [0.29, 0.717) is 24.6 Å². The summed E-state index contributed by atoms with van der Waals surface area (Å²) >= 11 is 0. The summed E-state index contributed by atoms with van der Waals surface area (Å²) < 4.78 is 6.02. The molecule has 0 saturated carbocycles. The molecule has 0 spiro atoms. The minimum Gasteiger partial charge on any atom is -0.484 e. The minimum absolute atomic E-state index is 0.0869. The molecule has 2 N–H and O–H groups in total. The molecule has 0 bridgehead atoms. The molecule has 0 amide bonds. The van der Waals surface area contributed by atoms with Gasteiger partial charge in [-0.05, 0) is 52.4 Å². The Morgan fingerprint density at radius 3 is 2.75 bits per heavy atom. The molecule has 1 aromatic carbocycles. The van der Waals surface area contributed by atoms with E-state index in [1.807, 2.05) is 18.2 Å². The highest BCUT2D eigenvalue weighted by Crippen LogP contribution is 2.38. The predicted octanol–water partition coefficient (Wildman–Crippen LogP) is 2.60. The average Bonchev–Trinajstić information content (AvgIpc) is 2.36. The summed E-state index contributed by atoms with van der Waals surface area (Å²) in [5.41, 5.74) is 6.95. The van der Waals surface area contributed by atoms with E-state index in [-0.39, 0.29) is 11.4 Å². The maximum atomic E-state index is 12.0. The molecule has 1 heterocycles. The third-order valence-corrected chi connectivity index (χ3v) is 3.52. The Morgan fingerprint density at radius 1 is 1.45 bits per heavy atom. The van der Waals surface area contributed by atoms with Gasteiger partial charge in [-0.15, -0.1) is 0 Å². The number of rotatable bonds is 4. The number of ketones is 1. The molecule has 4 nitrogen and oxygen atoms in total. The van der Waals surface area contributed by atoms with Crippen molar-refractivity contribution in [2.24, 2.45) is 5.73 Å². The Bertz CT molecular complexity index is 509. The maximum absolute atomic E-state index is 12.0. The van der Waals surface area contributed by atoms with E-state index in [1.165, 1.54) is 0 Å². The summed E-state index contributed by atoms with van der Waals surface area (Å²) in [5.74, 6) is 0.933. The first-order valence-corrected chi connectivity index (χ1v) is 7.17. The zero-order chi connectivity index (χ0) is 14.9. The molecular weight excluding hydrogens is 252 g/mol. The monoisotopic (exact) mass is 276 g/mol. The molecule has 0 unspecified atom stereocenters. The summed E-state index contributed by atoms with van der Waals surface area (Å²) in [6, 6.07) is 6.02. The first-order valence-electron chi connectivity index (χ1n) is 7.17. The van der Waals surface area contributed by atoms with Crippen LogP contribution < -0.4 is 15.4 Å². The van der Waals surface area contributed by atoms with Gasteiger partial charge in [0.1, 0.15) is 11.4 Å². The second-order valence-corrected chi connectivity index (χ2v) is 6.23. The SMILES string of the molecule is CC(C)N1CC(C)(C)Oc2ccc(C(=O)CCN)cc21. The Balaban J connectivity index is 2.41. The number of fused-ring (bicyclic) bond motifs is 1. The molecule has 0 radical (unpaired) electrons. The lowest BCUT2D eigenvalue weighted by molar-refractivity contribution is 0.0982. The lowest BCUT2D eigenvalue weighted by Gasteiger charge is -2.43. The first-order chi connectivity index (χ1) is 9.34. The van der Waals surface area contributed by atoms with Crippen molar-refractivity contribution >= 4 is 11.5 Å². The smallest absolute Gasteiger partial charge is 0.164 e. The predicted molar refractivity (Wildman–Crippen MR) is 81.6 cm³/mol. The minimum atomic E-state index is -0.222. The first kappa shape index (κ1) is 14.9. The van der Waals surface area contributed by atoms with Gasteiger partial charge in [0, 0.05) is 18.0 Å². The molecule has 1 aromatic rings. The van der Waals surface area contributed by atoms with Crippen LogP contribution in [-0.4, -0.2) is 30.5 Å². The standard InChI is InChI=1S/C16H24N2O2/c1-11(2)18-10-16(3,4)20-15-6-5-12(9-13(15)18)14(19)7-8-17/h5-6,9,11H,7-8,10,17H2,1-4H3. The van der Waals surface area contributed by atoms with E-state index in [4.69, 9.17) is 10.5 Å². The zero-order valence-electron chi connectivity index (χ0n) is 12.8. The van der Waals surface area contributed by atoms with E-state index >= 15 is 0 Å². The van der Waals surface area contributed by atoms with Gasteiger partial charge in [-0.2, -0.15) is 0 Å². The van der Waals surface area contributed by atoms with Crippen molar-refractivity contribution < 1.29 is 9.53 Å². The van der Waals surface area contributed by atoms with Crippen LogP contribution in [0.15, 0.2) is 18.2 Å². The third kappa shape index (κ3) is 2.96. The lowest BCUT2D eigenvalue weighted by atomic mass is 10.0. The van der Waals surface area contributed by atoms with Crippen LogP contribution in [0.5, 0.6) is 5.75 Å². The van der Waals surface area contributed by atoms with Crippen LogP contribution in [0.3, 0.4) is 0 Å². The number of benzene rings is 1. The number of carbonyl (C=O) groups excluding carboxylic acids is 1. The molecular formula is C16H24N2O2. The van der Waals surface area contributed by atoms with Crippen molar-refractivity contribution in [3.05, 3.63) is 23.8 Å². The largest absolute Gasteiger partial charge is 0.484 e. The van der Waals surface area contributed by atoms with Crippen LogP contribution in [0.1, 0.15) is 44.5 Å². The van der Waals surface area contributed by atoms with Gasteiger partial charge in [-0.3, -0.25) is 4.79 Å². The van der Waals surface area contributed by atoms with Gasteiger partial charge >= 0.3 is 0 Å². The average molecular weight is 276 g/mol. The molecule has 0 saturated heterocycles. The van der Waals surface area contributed by atoms with Crippen LogP contribution in [0.4, 0.5) is 5.69 Å². The van der Waals surface area contributed by atoms with Crippen molar-refractivity contribution in [2.75, 3.05) is 18.0 Å². The Kier molecular flexibility index (Phi) is 4.04. The van der Waals surface area contributed by atoms with E-state index < -0.39 is 0 Å². The second-order valence-electron chi connectivity index (χ2n) is 6.23. The van der Waals surface area contributed by atoms with Crippen LogP contribution in [-0.2, 0) is 0 Å². The van der Waals surface area contributed by atoms with Crippen LogP contribution in [0.2, 0.25) is 0 Å². The van der Waals surface area contributed by atoms with Gasteiger partial charge in [-0.1, -0.05) is 0 Å². The lowest BCUT2D eigenvalue weighted by Crippen LogP contribution is -2.49. The van der Waals surface area contributed by atoms with Crippen LogP contribution in [0.25, 0.3) is 0 Å². The molecule has 110 valence electrons. The van der Waals surface area contributed by atoms with Crippen molar-refractivity contribution in [3.8, 4) is 5.75 Å². The van der Waals surface area contributed by atoms with Gasteiger partial charge in [0.15, 0.2) is 5.78 Å². The zero-order valence-corrected chi connectivity index (χ0v) is 12.8. The maximum Gasteiger partial charge on any atom is 0.164 e. The van der Waals surface area contributed by atoms with Gasteiger partial charge in [0.25, 0.3) is 0 Å². The summed E-state index contributed by atoms with van der Waals surface area (Å²) in [5, 5.41) is 0. The van der Waals surface area contributed by atoms with Crippen LogP contribution >= 0.6 is 0 Å². The van der Waals surface area contributed by atoms with Crippen molar-refractivity contribution in [1.29, 1.82) is 0 Å². The molecule has 1 aliphatic heterocycles. The number of nitrogens with two attached hydrogens (primary N) is 1. The summed E-state index contributed by atoms with van der Waals surface area (Å²) in [7, 11) is 0. The molecule has 1 aliphatic rings. The quantitative estimate of drug-likeness (QED) is 0.859. The molecule has 20 heavy (non-hydrogen) atoms. The van der Waals surface area contributed by atoms with Gasteiger partial charge < -0.3 is 15.4 Å². The number of hydrogen-bond acceptors (Lipinski definition) is 4. The van der Waals surface area contributed by atoms with Crippen molar-refractivity contribution in [3.63, 3.8) is 0 Å². The normalized spacial score (nSPS) is 16.8. The fourth-order valence-electron chi connectivity index (χ4n) is 2.56. The third-order valence-electron chi connectivity index (χ3n) is 3.52. The number of nitrogens with zero attached hydrogens (tertiary/aromatic N) is 1. The molecule has 4 heteroatoms. The highest BCUT2D eigenvalue weighted by molar-refractivity contribution is 5.97. The molecule has 0 fully saturated rings. The molecule has 0 atom stereocenters. The highest BCUT2D eigenvalue weighted by Gasteiger charge is 2.33.